The number of nitrogens with one attached hydrogen (secondary N) is 3. The van der Waals surface area contributed by atoms with Crippen LogP contribution in [-0.4, -0.2) is 32.4 Å². The van der Waals surface area contributed by atoms with Crippen LogP contribution in [0.2, 0.25) is 0 Å². The molecule has 0 unspecified atom stereocenters. The van der Waals surface area contributed by atoms with Gasteiger partial charge in [-0.05, 0) is 61.2 Å². The van der Waals surface area contributed by atoms with Gasteiger partial charge < -0.3 is 20.7 Å². The third-order valence-electron chi connectivity index (χ3n) is 4.98. The highest BCUT2D eigenvalue weighted by molar-refractivity contribution is 5.63. The summed E-state index contributed by atoms with van der Waals surface area (Å²) in [5.41, 5.74) is 3.54. The molecule has 4 nitrogen and oxygen atoms in total. The fourth-order valence-electron chi connectivity index (χ4n) is 3.41. The van der Waals surface area contributed by atoms with E-state index in [4.69, 9.17) is 4.74 Å². The summed E-state index contributed by atoms with van der Waals surface area (Å²) in [4.78, 5) is 0. The van der Waals surface area contributed by atoms with Crippen molar-refractivity contribution < 1.29 is 17.9 Å². The predicted octanol–water partition coefficient (Wildman–Crippen LogP) is 4.45. The van der Waals surface area contributed by atoms with E-state index in [0.717, 1.165) is 43.1 Å². The van der Waals surface area contributed by atoms with E-state index in [1.807, 2.05) is 6.07 Å². The molecular formula is C21H26F3N3O. The topological polar surface area (TPSA) is 45.3 Å². The molecule has 2 aliphatic rings. The SMILES string of the molecule is C=C(/C=C1/CCOc2ccc(C3CCNCC3)cc2N1)C(=C)NCC(F)(F)F. The van der Waals surface area contributed by atoms with Crippen LogP contribution < -0.4 is 20.7 Å². The Hall–Kier alpha value is -2.41. The first-order chi connectivity index (χ1) is 13.3. The van der Waals surface area contributed by atoms with Crippen molar-refractivity contribution in [1.82, 2.24) is 10.6 Å². The van der Waals surface area contributed by atoms with Gasteiger partial charge in [-0.2, -0.15) is 13.2 Å². The number of allylic oxidation sites excluding steroid dienone is 1. The second-order valence-corrected chi connectivity index (χ2v) is 7.15. The fraction of sp³-hybridized carbons (Fsp3) is 0.429. The third kappa shape index (κ3) is 5.55. The number of hydrogen-bond donors (Lipinski definition) is 3. The number of rotatable bonds is 5. The fourth-order valence-corrected chi connectivity index (χ4v) is 3.41. The summed E-state index contributed by atoms with van der Waals surface area (Å²) in [6.07, 6.45) is 0.229. The van der Waals surface area contributed by atoms with Crippen LogP contribution in [0.4, 0.5) is 18.9 Å². The van der Waals surface area contributed by atoms with E-state index in [1.54, 1.807) is 6.08 Å². The van der Waals surface area contributed by atoms with E-state index >= 15 is 0 Å². The van der Waals surface area contributed by atoms with Crippen molar-refractivity contribution in [2.75, 3.05) is 31.6 Å². The van der Waals surface area contributed by atoms with Crippen LogP contribution in [0, 0.1) is 0 Å². The second kappa shape index (κ2) is 8.73. The number of hydrogen-bond acceptors (Lipinski definition) is 4. The lowest BCUT2D eigenvalue weighted by molar-refractivity contribution is -0.123. The van der Waals surface area contributed by atoms with Gasteiger partial charge >= 0.3 is 6.18 Å². The Morgan fingerprint density at radius 2 is 2.00 bits per heavy atom. The van der Waals surface area contributed by atoms with Crippen molar-refractivity contribution >= 4 is 5.69 Å². The molecule has 28 heavy (non-hydrogen) atoms. The van der Waals surface area contributed by atoms with Gasteiger partial charge in [-0.1, -0.05) is 19.2 Å². The van der Waals surface area contributed by atoms with E-state index in [0.29, 0.717) is 24.5 Å². The van der Waals surface area contributed by atoms with E-state index in [9.17, 15) is 13.2 Å². The number of fused-ring (bicyclic) bond motifs is 1. The maximum Gasteiger partial charge on any atom is 0.405 e. The van der Waals surface area contributed by atoms with Gasteiger partial charge in [0.1, 0.15) is 12.3 Å². The molecule has 0 aliphatic carbocycles. The van der Waals surface area contributed by atoms with Crippen LogP contribution in [0.25, 0.3) is 0 Å². The van der Waals surface area contributed by atoms with Gasteiger partial charge in [-0.25, -0.2) is 0 Å². The molecule has 152 valence electrons. The maximum absolute atomic E-state index is 12.4. The highest BCUT2D eigenvalue weighted by atomic mass is 19.4. The Labute approximate surface area is 163 Å². The Kier molecular flexibility index (Phi) is 6.34. The van der Waals surface area contributed by atoms with Gasteiger partial charge in [0.15, 0.2) is 0 Å². The standard InChI is InChI=1S/C21H26F3N3O/c1-14(15(2)26-13-21(22,23)24)11-18-7-10-28-20-4-3-17(12-19(20)27-18)16-5-8-25-9-6-16/h3-4,11-12,16,25-27H,1-2,5-10,13H2/b18-11-. The quantitative estimate of drug-likeness (QED) is 0.647. The van der Waals surface area contributed by atoms with Crippen LogP contribution >= 0.6 is 0 Å². The van der Waals surface area contributed by atoms with Crippen LogP contribution in [0.3, 0.4) is 0 Å². The highest BCUT2D eigenvalue weighted by Gasteiger charge is 2.27. The number of benzene rings is 1. The van der Waals surface area contributed by atoms with Crippen LogP contribution in [0.5, 0.6) is 5.75 Å². The molecule has 2 aliphatic heterocycles. The average Bonchev–Trinajstić information content (AvgIpc) is 2.87. The summed E-state index contributed by atoms with van der Waals surface area (Å²) in [5.74, 6) is 1.30. The maximum atomic E-state index is 12.4. The second-order valence-electron chi connectivity index (χ2n) is 7.15. The minimum Gasteiger partial charge on any atom is -0.491 e. The molecule has 0 aromatic heterocycles. The molecule has 1 saturated heterocycles. The Balaban J connectivity index is 1.71. The van der Waals surface area contributed by atoms with Gasteiger partial charge in [0.2, 0.25) is 0 Å². The lowest BCUT2D eigenvalue weighted by Crippen LogP contribution is -2.28. The molecule has 1 aromatic rings. The monoisotopic (exact) mass is 393 g/mol. The highest BCUT2D eigenvalue weighted by Crippen LogP contribution is 2.35. The molecule has 0 spiro atoms. The summed E-state index contributed by atoms with van der Waals surface area (Å²) < 4.78 is 42.9. The molecule has 1 fully saturated rings. The zero-order valence-corrected chi connectivity index (χ0v) is 15.8. The smallest absolute Gasteiger partial charge is 0.405 e. The van der Waals surface area contributed by atoms with Gasteiger partial charge in [-0.15, -0.1) is 0 Å². The normalized spacial score (nSPS) is 19.2. The van der Waals surface area contributed by atoms with Gasteiger partial charge in [0.05, 0.1) is 12.3 Å². The van der Waals surface area contributed by atoms with Crippen molar-refractivity contribution in [3.63, 3.8) is 0 Å². The summed E-state index contributed by atoms with van der Waals surface area (Å²) >= 11 is 0. The summed E-state index contributed by atoms with van der Waals surface area (Å²) in [7, 11) is 0. The molecule has 3 N–H and O–H groups in total. The third-order valence-corrected chi connectivity index (χ3v) is 4.98. The van der Waals surface area contributed by atoms with Crippen molar-refractivity contribution in [3.8, 4) is 5.75 Å². The predicted molar refractivity (Wildman–Crippen MR) is 105 cm³/mol. The zero-order chi connectivity index (χ0) is 20.1. The average molecular weight is 393 g/mol. The van der Waals surface area contributed by atoms with E-state index in [1.165, 1.54) is 5.56 Å². The van der Waals surface area contributed by atoms with Crippen LogP contribution in [0.1, 0.15) is 30.7 Å². The molecule has 0 bridgehead atoms. The Bertz CT molecular complexity index is 765. The van der Waals surface area contributed by atoms with Crippen LogP contribution in [-0.2, 0) is 0 Å². The summed E-state index contributed by atoms with van der Waals surface area (Å²) in [6.45, 7) is 8.86. The number of alkyl halides is 3. The first kappa shape index (κ1) is 20.3. The van der Waals surface area contributed by atoms with E-state index in [2.05, 4.69) is 41.2 Å². The van der Waals surface area contributed by atoms with Crippen LogP contribution in [0.15, 0.2) is 54.4 Å². The molecule has 0 atom stereocenters. The van der Waals surface area contributed by atoms with E-state index < -0.39 is 12.7 Å². The molecule has 0 saturated carbocycles. The lowest BCUT2D eigenvalue weighted by Gasteiger charge is -2.24. The number of piperidine rings is 1. The van der Waals surface area contributed by atoms with Crippen molar-refractivity contribution in [2.24, 2.45) is 0 Å². The first-order valence-electron chi connectivity index (χ1n) is 9.46. The van der Waals surface area contributed by atoms with Gasteiger partial charge in [-0.3, -0.25) is 0 Å². The molecule has 1 aromatic carbocycles. The van der Waals surface area contributed by atoms with Crippen molar-refractivity contribution in [1.29, 1.82) is 0 Å². The van der Waals surface area contributed by atoms with Crippen molar-refractivity contribution in [2.45, 2.75) is 31.4 Å². The largest absolute Gasteiger partial charge is 0.491 e. The molecule has 7 heteroatoms. The molecular weight excluding hydrogens is 367 g/mol. The number of anilines is 1. The molecule has 0 radical (unpaired) electrons. The minimum absolute atomic E-state index is 0.153. The molecule has 2 heterocycles. The number of halogens is 3. The first-order valence-corrected chi connectivity index (χ1v) is 9.46. The van der Waals surface area contributed by atoms with Gasteiger partial charge in [0.25, 0.3) is 0 Å². The summed E-state index contributed by atoms with van der Waals surface area (Å²) in [5, 5.41) is 9.01. The Morgan fingerprint density at radius 1 is 1.25 bits per heavy atom. The number of ether oxygens (including phenoxy) is 1. The minimum atomic E-state index is -4.30. The van der Waals surface area contributed by atoms with Crippen molar-refractivity contribution in [3.05, 3.63) is 60.0 Å². The zero-order valence-electron chi connectivity index (χ0n) is 15.8. The Morgan fingerprint density at radius 3 is 2.71 bits per heavy atom. The van der Waals surface area contributed by atoms with Gasteiger partial charge in [0, 0.05) is 17.8 Å². The van der Waals surface area contributed by atoms with E-state index in [-0.39, 0.29) is 5.70 Å². The molecule has 3 rings (SSSR count). The lowest BCUT2D eigenvalue weighted by atomic mass is 9.90. The summed E-state index contributed by atoms with van der Waals surface area (Å²) in [6, 6.07) is 6.22. The molecule has 0 amide bonds.